The van der Waals surface area contributed by atoms with E-state index in [2.05, 4.69) is 23.7 Å². The zero-order chi connectivity index (χ0) is 12.4. The largest absolute Gasteiger partial charge is 0.358 e. The third-order valence-corrected chi connectivity index (χ3v) is 3.25. The molecule has 1 aromatic heterocycles. The summed E-state index contributed by atoms with van der Waals surface area (Å²) in [5.41, 5.74) is 3.41. The number of benzene rings is 1. The van der Waals surface area contributed by atoms with Crippen LogP contribution in [0.4, 0.5) is 0 Å². The van der Waals surface area contributed by atoms with Crippen molar-refractivity contribution in [3.63, 3.8) is 0 Å². The zero-order valence-corrected chi connectivity index (χ0v) is 10.9. The molecule has 0 aliphatic heterocycles. The first-order valence-electron chi connectivity index (χ1n) is 5.54. The van der Waals surface area contributed by atoms with Gasteiger partial charge in [0.25, 0.3) is 0 Å². The number of aromatic nitrogens is 1. The van der Waals surface area contributed by atoms with Crippen LogP contribution in [0.3, 0.4) is 0 Å². The molecule has 1 amide bonds. The van der Waals surface area contributed by atoms with Crippen LogP contribution in [0.2, 0.25) is 0 Å². The van der Waals surface area contributed by atoms with E-state index in [1.54, 1.807) is 11.9 Å². The normalized spacial score (nSPS) is 10.8. The average Bonchev–Trinajstić information content (AvgIpc) is 2.65. The summed E-state index contributed by atoms with van der Waals surface area (Å²) in [4.78, 5) is 16.6. The molecule has 0 atom stereocenters. The molecule has 1 aromatic carbocycles. The lowest BCUT2D eigenvalue weighted by Crippen LogP contribution is -2.27. The van der Waals surface area contributed by atoms with Crippen molar-refractivity contribution in [3.05, 3.63) is 35.5 Å². The molecule has 4 heteroatoms. The van der Waals surface area contributed by atoms with Crippen LogP contribution in [-0.4, -0.2) is 28.6 Å². The maximum atomic E-state index is 11.5. The third kappa shape index (κ3) is 2.31. The van der Waals surface area contributed by atoms with Crippen LogP contribution in [-0.2, 0) is 11.3 Å². The van der Waals surface area contributed by atoms with Gasteiger partial charge in [-0.25, -0.2) is 0 Å². The van der Waals surface area contributed by atoms with Gasteiger partial charge in [0.2, 0.25) is 5.91 Å². The van der Waals surface area contributed by atoms with Gasteiger partial charge >= 0.3 is 0 Å². The van der Waals surface area contributed by atoms with Gasteiger partial charge in [-0.05, 0) is 18.6 Å². The Hall–Kier alpha value is -1.42. The van der Waals surface area contributed by atoms with Crippen LogP contribution in [0.25, 0.3) is 10.9 Å². The molecule has 3 nitrogen and oxygen atoms in total. The lowest BCUT2D eigenvalue weighted by Gasteiger charge is -2.16. The highest BCUT2D eigenvalue weighted by molar-refractivity contribution is 7.81. The summed E-state index contributed by atoms with van der Waals surface area (Å²) in [5, 5.41) is 1.18. The number of aromatic amines is 1. The number of amides is 1. The molecule has 0 bridgehead atoms. The number of nitrogens with zero attached hydrogens (tertiary/aromatic N) is 1. The van der Waals surface area contributed by atoms with Crippen LogP contribution >= 0.6 is 12.6 Å². The summed E-state index contributed by atoms with van der Waals surface area (Å²) in [6.07, 6.45) is 0. The van der Waals surface area contributed by atoms with E-state index >= 15 is 0 Å². The number of hydrogen-bond donors (Lipinski definition) is 2. The Balaban J connectivity index is 2.35. The van der Waals surface area contributed by atoms with E-state index in [0.717, 1.165) is 11.2 Å². The van der Waals surface area contributed by atoms with Crippen molar-refractivity contribution in [1.82, 2.24) is 9.88 Å². The van der Waals surface area contributed by atoms with Crippen molar-refractivity contribution in [2.24, 2.45) is 0 Å². The van der Waals surface area contributed by atoms with Crippen molar-refractivity contribution in [3.8, 4) is 0 Å². The van der Waals surface area contributed by atoms with Gasteiger partial charge in [-0.3, -0.25) is 4.79 Å². The average molecular weight is 248 g/mol. The van der Waals surface area contributed by atoms with E-state index in [4.69, 9.17) is 0 Å². The number of hydrogen-bond acceptors (Lipinski definition) is 2. The van der Waals surface area contributed by atoms with E-state index in [0.29, 0.717) is 6.54 Å². The lowest BCUT2D eigenvalue weighted by molar-refractivity contribution is -0.127. The summed E-state index contributed by atoms with van der Waals surface area (Å²) in [5.74, 6) is 0.288. The summed E-state index contributed by atoms with van der Waals surface area (Å²) < 4.78 is 0. The fourth-order valence-corrected chi connectivity index (χ4v) is 2.23. The van der Waals surface area contributed by atoms with Gasteiger partial charge in [0.05, 0.1) is 5.75 Å². The highest BCUT2D eigenvalue weighted by Gasteiger charge is 2.12. The Bertz CT molecular complexity index is 547. The fraction of sp³-hybridized carbons (Fsp3) is 0.308. The van der Waals surface area contributed by atoms with Crippen molar-refractivity contribution < 1.29 is 4.79 Å². The quantitative estimate of drug-likeness (QED) is 0.804. The molecule has 0 unspecified atom stereocenters. The van der Waals surface area contributed by atoms with Gasteiger partial charge in [0.15, 0.2) is 0 Å². The molecular weight excluding hydrogens is 232 g/mol. The van der Waals surface area contributed by atoms with Crippen LogP contribution in [0.1, 0.15) is 11.3 Å². The number of carbonyl (C=O) groups excluding carboxylic acids is 1. The van der Waals surface area contributed by atoms with Gasteiger partial charge in [0, 0.05) is 30.2 Å². The van der Waals surface area contributed by atoms with Gasteiger partial charge in [-0.2, -0.15) is 12.6 Å². The molecule has 90 valence electrons. The molecule has 2 aromatic rings. The van der Waals surface area contributed by atoms with Crippen molar-refractivity contribution in [2.75, 3.05) is 12.8 Å². The molecular formula is C13H16N2OS. The maximum Gasteiger partial charge on any atom is 0.232 e. The number of nitrogens with one attached hydrogen (secondary N) is 1. The monoisotopic (exact) mass is 248 g/mol. The van der Waals surface area contributed by atoms with Crippen LogP contribution in [0.15, 0.2) is 24.3 Å². The van der Waals surface area contributed by atoms with Crippen molar-refractivity contribution in [2.45, 2.75) is 13.5 Å². The number of fused-ring (bicyclic) bond motifs is 1. The number of H-pyrrole nitrogens is 1. The van der Waals surface area contributed by atoms with Gasteiger partial charge in [-0.15, -0.1) is 0 Å². The standard InChI is InChI=1S/C13H16N2OS/c1-9-11(7-15(2)13(16)8-17)10-5-3-4-6-12(10)14-9/h3-6,14,17H,7-8H2,1-2H3. The minimum absolute atomic E-state index is 0.0398. The lowest BCUT2D eigenvalue weighted by atomic mass is 10.1. The SMILES string of the molecule is Cc1[nH]c2ccccc2c1CN(C)C(=O)CS. The highest BCUT2D eigenvalue weighted by atomic mass is 32.1. The predicted molar refractivity (Wildman–Crippen MR) is 73.4 cm³/mol. The first-order chi connectivity index (χ1) is 8.13. The molecule has 0 spiro atoms. The predicted octanol–water partition coefficient (Wildman–Crippen LogP) is 2.36. The van der Waals surface area contributed by atoms with Crippen molar-refractivity contribution >= 4 is 29.4 Å². The van der Waals surface area contributed by atoms with Gasteiger partial charge in [0.1, 0.15) is 0 Å². The van der Waals surface area contributed by atoms with E-state index in [1.807, 2.05) is 25.1 Å². The minimum Gasteiger partial charge on any atom is -0.358 e. The van der Waals surface area contributed by atoms with Crippen LogP contribution in [0.5, 0.6) is 0 Å². The summed E-state index contributed by atoms with van der Waals surface area (Å²) in [6, 6.07) is 8.14. The van der Waals surface area contributed by atoms with E-state index in [1.165, 1.54) is 10.9 Å². The van der Waals surface area contributed by atoms with Crippen LogP contribution < -0.4 is 0 Å². The van der Waals surface area contributed by atoms with E-state index in [-0.39, 0.29) is 11.7 Å². The Morgan fingerprint density at radius 2 is 2.12 bits per heavy atom. The Morgan fingerprint density at radius 1 is 1.41 bits per heavy atom. The first kappa shape index (κ1) is 12.0. The summed E-state index contributed by atoms with van der Waals surface area (Å²) in [6.45, 7) is 2.66. The molecule has 0 saturated heterocycles. The maximum absolute atomic E-state index is 11.5. The number of aryl methyl sites for hydroxylation is 1. The van der Waals surface area contributed by atoms with E-state index < -0.39 is 0 Å². The Kier molecular flexibility index (Phi) is 3.43. The molecule has 0 fully saturated rings. The molecule has 1 N–H and O–H groups in total. The summed E-state index contributed by atoms with van der Waals surface area (Å²) >= 11 is 4.01. The van der Waals surface area contributed by atoms with Gasteiger partial charge in [-0.1, -0.05) is 18.2 Å². The highest BCUT2D eigenvalue weighted by Crippen LogP contribution is 2.22. The molecule has 0 aliphatic carbocycles. The second-order valence-electron chi connectivity index (χ2n) is 4.18. The second-order valence-corrected chi connectivity index (χ2v) is 4.50. The molecule has 2 rings (SSSR count). The zero-order valence-electron chi connectivity index (χ0n) is 10.0. The summed E-state index contributed by atoms with van der Waals surface area (Å²) in [7, 11) is 1.81. The number of thiol groups is 1. The minimum atomic E-state index is 0.0398. The molecule has 17 heavy (non-hydrogen) atoms. The third-order valence-electron chi connectivity index (χ3n) is 2.98. The number of para-hydroxylation sites is 1. The first-order valence-corrected chi connectivity index (χ1v) is 6.17. The number of rotatable bonds is 3. The van der Waals surface area contributed by atoms with Gasteiger partial charge < -0.3 is 9.88 Å². The van der Waals surface area contributed by atoms with E-state index in [9.17, 15) is 4.79 Å². The van der Waals surface area contributed by atoms with Crippen LogP contribution in [0, 0.1) is 6.92 Å². The molecule has 0 aliphatic rings. The molecule has 0 radical (unpaired) electrons. The smallest absolute Gasteiger partial charge is 0.232 e. The second kappa shape index (κ2) is 4.84. The topological polar surface area (TPSA) is 36.1 Å². The molecule has 0 saturated carbocycles. The Labute approximate surface area is 106 Å². The number of carbonyl (C=O) groups is 1. The molecule has 1 heterocycles. The fourth-order valence-electron chi connectivity index (χ4n) is 1.98. The Morgan fingerprint density at radius 3 is 2.82 bits per heavy atom. The van der Waals surface area contributed by atoms with Crippen molar-refractivity contribution in [1.29, 1.82) is 0 Å².